The summed E-state index contributed by atoms with van der Waals surface area (Å²) in [5.41, 5.74) is 1.28. The summed E-state index contributed by atoms with van der Waals surface area (Å²) < 4.78 is 10.4. The molecule has 0 bridgehead atoms. The van der Waals surface area contributed by atoms with Gasteiger partial charge in [-0.2, -0.15) is 0 Å². The third-order valence-electron chi connectivity index (χ3n) is 3.53. The van der Waals surface area contributed by atoms with Crippen molar-refractivity contribution >= 4 is 40.7 Å². The molecule has 1 heterocycles. The van der Waals surface area contributed by atoms with Crippen LogP contribution in [0.5, 0.6) is 11.5 Å². The van der Waals surface area contributed by atoms with Crippen LogP contribution in [0.4, 0.5) is 5.69 Å². The molecule has 25 heavy (non-hydrogen) atoms. The van der Waals surface area contributed by atoms with E-state index in [0.29, 0.717) is 33.7 Å². The van der Waals surface area contributed by atoms with E-state index in [0.717, 1.165) is 5.56 Å². The normalized spacial score (nSPS) is 11.9. The van der Waals surface area contributed by atoms with Gasteiger partial charge in [-0.1, -0.05) is 29.3 Å². The van der Waals surface area contributed by atoms with Crippen LogP contribution in [-0.2, 0) is 16.0 Å². The van der Waals surface area contributed by atoms with Crippen LogP contribution in [0.25, 0.3) is 0 Å². The minimum absolute atomic E-state index is 0.139. The molecule has 0 atom stereocenters. The Morgan fingerprint density at radius 2 is 1.80 bits per heavy atom. The SMILES string of the molecule is O=C(NCCc1ccc(Cl)cc1Cl)C(=O)Nc1ccc2c(c1)OCO2. The molecule has 130 valence electrons. The second kappa shape index (κ2) is 7.63. The van der Waals surface area contributed by atoms with Gasteiger partial charge in [0.2, 0.25) is 6.79 Å². The van der Waals surface area contributed by atoms with Gasteiger partial charge in [0.15, 0.2) is 11.5 Å². The summed E-state index contributed by atoms with van der Waals surface area (Å²) in [6.45, 7) is 0.412. The molecule has 2 aromatic carbocycles. The predicted octanol–water partition coefficient (Wildman–Crippen LogP) is 3.02. The summed E-state index contributed by atoms with van der Waals surface area (Å²) in [6, 6.07) is 10.0. The van der Waals surface area contributed by atoms with E-state index in [4.69, 9.17) is 32.7 Å². The Kier molecular flexibility index (Phi) is 5.31. The highest BCUT2D eigenvalue weighted by molar-refractivity contribution is 6.39. The molecule has 0 saturated heterocycles. The quantitative estimate of drug-likeness (QED) is 0.799. The second-order valence-electron chi connectivity index (χ2n) is 5.26. The van der Waals surface area contributed by atoms with Crippen molar-refractivity contribution in [3.8, 4) is 11.5 Å². The summed E-state index contributed by atoms with van der Waals surface area (Å²) in [5.74, 6) is -0.373. The highest BCUT2D eigenvalue weighted by Gasteiger charge is 2.17. The molecule has 2 aromatic rings. The van der Waals surface area contributed by atoms with Gasteiger partial charge < -0.3 is 20.1 Å². The average Bonchev–Trinajstić information content (AvgIpc) is 3.04. The van der Waals surface area contributed by atoms with Crippen molar-refractivity contribution in [2.45, 2.75) is 6.42 Å². The zero-order valence-electron chi connectivity index (χ0n) is 13.0. The van der Waals surface area contributed by atoms with E-state index in [1.54, 1.807) is 36.4 Å². The van der Waals surface area contributed by atoms with Crippen molar-refractivity contribution in [2.75, 3.05) is 18.7 Å². The molecule has 1 aliphatic heterocycles. The molecule has 0 aromatic heterocycles. The number of rotatable bonds is 4. The van der Waals surface area contributed by atoms with Crippen LogP contribution in [0, 0.1) is 0 Å². The molecule has 1 aliphatic rings. The van der Waals surface area contributed by atoms with Crippen molar-refractivity contribution in [3.05, 3.63) is 52.0 Å². The maximum Gasteiger partial charge on any atom is 0.313 e. The number of carbonyl (C=O) groups is 2. The number of amides is 2. The van der Waals surface area contributed by atoms with Crippen molar-refractivity contribution in [1.29, 1.82) is 0 Å². The van der Waals surface area contributed by atoms with Crippen molar-refractivity contribution in [1.82, 2.24) is 5.32 Å². The molecule has 0 radical (unpaired) electrons. The number of carbonyl (C=O) groups excluding carboxylic acids is 2. The van der Waals surface area contributed by atoms with E-state index >= 15 is 0 Å². The molecule has 6 nitrogen and oxygen atoms in total. The number of benzene rings is 2. The minimum atomic E-state index is -0.763. The van der Waals surface area contributed by atoms with Crippen LogP contribution < -0.4 is 20.1 Å². The molecular formula is C17H14Cl2N2O4. The molecule has 8 heteroatoms. The molecular weight excluding hydrogens is 367 g/mol. The van der Waals surface area contributed by atoms with Crippen LogP contribution in [0.3, 0.4) is 0 Å². The monoisotopic (exact) mass is 380 g/mol. The van der Waals surface area contributed by atoms with Crippen molar-refractivity contribution in [3.63, 3.8) is 0 Å². The number of fused-ring (bicyclic) bond motifs is 1. The van der Waals surface area contributed by atoms with Crippen LogP contribution in [0.15, 0.2) is 36.4 Å². The predicted molar refractivity (Wildman–Crippen MR) is 94.4 cm³/mol. The first-order valence-corrected chi connectivity index (χ1v) is 8.21. The minimum Gasteiger partial charge on any atom is -0.454 e. The topological polar surface area (TPSA) is 76.7 Å². The number of hydrogen-bond donors (Lipinski definition) is 2. The number of hydrogen-bond acceptors (Lipinski definition) is 4. The molecule has 2 N–H and O–H groups in total. The van der Waals surface area contributed by atoms with Gasteiger partial charge in [0.25, 0.3) is 0 Å². The zero-order chi connectivity index (χ0) is 17.8. The van der Waals surface area contributed by atoms with Crippen LogP contribution in [0.2, 0.25) is 10.0 Å². The third kappa shape index (κ3) is 4.35. The Hall–Kier alpha value is -2.44. The Bertz CT molecular complexity index is 826. The molecule has 0 fully saturated rings. The molecule has 0 spiro atoms. The number of anilines is 1. The van der Waals surface area contributed by atoms with Gasteiger partial charge in [0.05, 0.1) is 0 Å². The fourth-order valence-electron chi connectivity index (χ4n) is 2.28. The Morgan fingerprint density at radius 1 is 1.00 bits per heavy atom. The maximum atomic E-state index is 11.9. The van der Waals surface area contributed by atoms with Gasteiger partial charge in [-0.3, -0.25) is 9.59 Å². The van der Waals surface area contributed by atoms with Gasteiger partial charge >= 0.3 is 11.8 Å². The van der Waals surface area contributed by atoms with E-state index in [-0.39, 0.29) is 13.3 Å². The fourth-order valence-corrected chi connectivity index (χ4v) is 2.78. The van der Waals surface area contributed by atoms with Crippen LogP contribution in [-0.4, -0.2) is 25.2 Å². The largest absolute Gasteiger partial charge is 0.454 e. The zero-order valence-corrected chi connectivity index (χ0v) is 14.5. The summed E-state index contributed by atoms with van der Waals surface area (Å²) >= 11 is 11.9. The van der Waals surface area contributed by atoms with Crippen molar-refractivity contribution < 1.29 is 19.1 Å². The average molecular weight is 381 g/mol. The number of halogens is 2. The Labute approximate surface area is 154 Å². The van der Waals surface area contributed by atoms with Gasteiger partial charge in [-0.15, -0.1) is 0 Å². The summed E-state index contributed by atoms with van der Waals surface area (Å²) in [4.78, 5) is 23.8. The smallest absolute Gasteiger partial charge is 0.313 e. The second-order valence-corrected chi connectivity index (χ2v) is 6.11. The van der Waals surface area contributed by atoms with E-state index < -0.39 is 11.8 Å². The third-order valence-corrected chi connectivity index (χ3v) is 4.12. The van der Waals surface area contributed by atoms with Gasteiger partial charge in [-0.05, 0) is 36.2 Å². The lowest BCUT2D eigenvalue weighted by molar-refractivity contribution is -0.136. The first-order valence-electron chi connectivity index (χ1n) is 7.45. The number of ether oxygens (including phenoxy) is 2. The van der Waals surface area contributed by atoms with E-state index in [1.165, 1.54) is 0 Å². The molecule has 0 unspecified atom stereocenters. The lowest BCUT2D eigenvalue weighted by Crippen LogP contribution is -2.36. The Morgan fingerprint density at radius 3 is 2.60 bits per heavy atom. The Balaban J connectivity index is 1.50. The summed E-state index contributed by atoms with van der Waals surface area (Å²) in [5, 5.41) is 6.12. The molecule has 0 aliphatic carbocycles. The van der Waals surface area contributed by atoms with Gasteiger partial charge in [0.1, 0.15) is 0 Å². The van der Waals surface area contributed by atoms with Crippen LogP contribution in [0.1, 0.15) is 5.56 Å². The maximum absolute atomic E-state index is 11.9. The lowest BCUT2D eigenvalue weighted by Gasteiger charge is -2.08. The summed E-state index contributed by atoms with van der Waals surface area (Å²) in [7, 11) is 0. The van der Waals surface area contributed by atoms with E-state index in [2.05, 4.69) is 10.6 Å². The van der Waals surface area contributed by atoms with E-state index in [1.807, 2.05) is 0 Å². The lowest BCUT2D eigenvalue weighted by atomic mass is 10.1. The van der Waals surface area contributed by atoms with Gasteiger partial charge in [-0.25, -0.2) is 0 Å². The summed E-state index contributed by atoms with van der Waals surface area (Å²) in [6.07, 6.45) is 0.485. The first-order chi connectivity index (χ1) is 12.0. The highest BCUT2D eigenvalue weighted by atomic mass is 35.5. The van der Waals surface area contributed by atoms with Crippen LogP contribution >= 0.6 is 23.2 Å². The standard InChI is InChI=1S/C17H14Cl2N2O4/c18-11-2-1-10(13(19)7-11)5-6-20-16(22)17(23)21-12-3-4-14-15(8-12)25-9-24-14/h1-4,7-8H,5-6,9H2,(H,20,22)(H,21,23). The highest BCUT2D eigenvalue weighted by Crippen LogP contribution is 2.34. The van der Waals surface area contributed by atoms with Crippen molar-refractivity contribution in [2.24, 2.45) is 0 Å². The van der Waals surface area contributed by atoms with Gasteiger partial charge in [0, 0.05) is 28.3 Å². The fraction of sp³-hybridized carbons (Fsp3) is 0.176. The molecule has 3 rings (SSSR count). The molecule has 2 amide bonds. The first kappa shape index (κ1) is 17.4. The van der Waals surface area contributed by atoms with E-state index in [9.17, 15) is 9.59 Å². The number of nitrogens with one attached hydrogen (secondary N) is 2. The molecule has 0 saturated carbocycles.